The van der Waals surface area contributed by atoms with Crippen LogP contribution in [0, 0.1) is 0 Å². The quantitative estimate of drug-likeness (QED) is 0.465. The van der Waals surface area contributed by atoms with Crippen LogP contribution in [0.25, 0.3) is 0 Å². The maximum atomic E-state index is 5.71. The Morgan fingerprint density at radius 3 is 1.44 bits per heavy atom. The van der Waals surface area contributed by atoms with Gasteiger partial charge in [-0.15, -0.1) is 0 Å². The Hall–Kier alpha value is -0.0400. The van der Waals surface area contributed by atoms with E-state index in [1.165, 1.54) is 77.0 Å². The third-order valence-electron chi connectivity index (χ3n) is 3.26. The molecule has 0 amide bonds. The second kappa shape index (κ2) is 13.0. The van der Waals surface area contributed by atoms with Gasteiger partial charge in [0, 0.05) is 6.04 Å². The van der Waals surface area contributed by atoms with E-state index in [0.29, 0.717) is 6.04 Å². The molecule has 16 heavy (non-hydrogen) atoms. The zero-order valence-corrected chi connectivity index (χ0v) is 11.6. The summed E-state index contributed by atoms with van der Waals surface area (Å²) in [5.74, 6) is 0. The van der Waals surface area contributed by atoms with Gasteiger partial charge in [-0.05, 0) is 13.3 Å². The van der Waals surface area contributed by atoms with Gasteiger partial charge in [-0.1, -0.05) is 77.6 Å². The minimum absolute atomic E-state index is 0.401. The van der Waals surface area contributed by atoms with Crippen molar-refractivity contribution in [2.45, 2.75) is 96.9 Å². The van der Waals surface area contributed by atoms with E-state index in [-0.39, 0.29) is 0 Å². The van der Waals surface area contributed by atoms with Crippen molar-refractivity contribution < 1.29 is 0 Å². The van der Waals surface area contributed by atoms with E-state index in [2.05, 4.69) is 13.8 Å². The molecule has 0 aliphatic rings. The number of hydrogen-bond donors (Lipinski definition) is 1. The Balaban J connectivity index is 2.88. The second-order valence-electron chi connectivity index (χ2n) is 5.30. The first-order chi connectivity index (χ1) is 7.77. The average Bonchev–Trinajstić information content (AvgIpc) is 2.25. The molecule has 1 unspecified atom stereocenters. The standard InChI is InChI=1S/C15H33N/c1-3-4-5-6-7-8-9-10-11-12-13-14-15(2)16/h15H,3-14,16H2,1-2H3. The predicted octanol–water partition coefficient (Wildman–Crippen LogP) is 5.03. The molecule has 0 aromatic rings. The fraction of sp³-hybridized carbons (Fsp3) is 1.00. The maximum Gasteiger partial charge on any atom is 0.00104 e. The summed E-state index contributed by atoms with van der Waals surface area (Å²) in [6.45, 7) is 4.39. The highest BCUT2D eigenvalue weighted by Crippen LogP contribution is 2.12. The highest BCUT2D eigenvalue weighted by molar-refractivity contribution is 4.53. The molecule has 0 bridgehead atoms. The molecular formula is C15H33N. The third-order valence-corrected chi connectivity index (χ3v) is 3.26. The number of unbranched alkanes of at least 4 members (excludes halogenated alkanes) is 10. The minimum atomic E-state index is 0.401. The van der Waals surface area contributed by atoms with Crippen LogP contribution in [0.2, 0.25) is 0 Å². The first-order valence-corrected chi connectivity index (χ1v) is 7.53. The zero-order valence-electron chi connectivity index (χ0n) is 11.6. The molecule has 0 aliphatic carbocycles. The van der Waals surface area contributed by atoms with Crippen LogP contribution in [0.4, 0.5) is 0 Å². The molecule has 1 nitrogen and oxygen atoms in total. The van der Waals surface area contributed by atoms with E-state index in [1.54, 1.807) is 0 Å². The van der Waals surface area contributed by atoms with Gasteiger partial charge in [-0.25, -0.2) is 0 Å². The van der Waals surface area contributed by atoms with Gasteiger partial charge in [0.05, 0.1) is 0 Å². The first kappa shape index (κ1) is 16.0. The van der Waals surface area contributed by atoms with Crippen LogP contribution < -0.4 is 5.73 Å². The molecule has 0 saturated carbocycles. The minimum Gasteiger partial charge on any atom is -0.328 e. The van der Waals surface area contributed by atoms with Crippen molar-refractivity contribution in [3.05, 3.63) is 0 Å². The fourth-order valence-corrected chi connectivity index (χ4v) is 2.13. The lowest BCUT2D eigenvalue weighted by atomic mass is 10.0. The van der Waals surface area contributed by atoms with E-state index < -0.39 is 0 Å². The van der Waals surface area contributed by atoms with Crippen LogP contribution in [0.1, 0.15) is 90.9 Å². The van der Waals surface area contributed by atoms with Gasteiger partial charge in [0.2, 0.25) is 0 Å². The van der Waals surface area contributed by atoms with E-state index in [0.717, 1.165) is 0 Å². The van der Waals surface area contributed by atoms with Crippen molar-refractivity contribution in [3.63, 3.8) is 0 Å². The molecule has 0 rings (SSSR count). The Kier molecular flexibility index (Phi) is 13.0. The molecule has 0 spiro atoms. The smallest absolute Gasteiger partial charge is 0.00104 e. The first-order valence-electron chi connectivity index (χ1n) is 7.53. The number of rotatable bonds is 12. The summed E-state index contributed by atoms with van der Waals surface area (Å²) in [5.41, 5.74) is 5.71. The lowest BCUT2D eigenvalue weighted by Gasteiger charge is -2.04. The maximum absolute atomic E-state index is 5.71. The van der Waals surface area contributed by atoms with Gasteiger partial charge in [0.15, 0.2) is 0 Å². The zero-order chi connectivity index (χ0) is 12.1. The van der Waals surface area contributed by atoms with Crippen molar-refractivity contribution in [2.75, 3.05) is 0 Å². The van der Waals surface area contributed by atoms with Crippen molar-refractivity contribution >= 4 is 0 Å². The Morgan fingerprint density at radius 2 is 1.06 bits per heavy atom. The molecule has 0 fully saturated rings. The molecule has 1 heteroatoms. The fourth-order valence-electron chi connectivity index (χ4n) is 2.13. The molecule has 0 aromatic carbocycles. The van der Waals surface area contributed by atoms with Crippen LogP contribution >= 0.6 is 0 Å². The summed E-state index contributed by atoms with van der Waals surface area (Å²) in [6, 6.07) is 0.401. The molecule has 0 aromatic heterocycles. The van der Waals surface area contributed by atoms with Crippen LogP contribution in [0.3, 0.4) is 0 Å². The molecule has 0 aliphatic heterocycles. The van der Waals surface area contributed by atoms with E-state index in [4.69, 9.17) is 5.73 Å². The molecule has 2 N–H and O–H groups in total. The Morgan fingerprint density at radius 1 is 0.688 bits per heavy atom. The molecule has 1 atom stereocenters. The third kappa shape index (κ3) is 14.0. The van der Waals surface area contributed by atoms with Crippen molar-refractivity contribution in [2.24, 2.45) is 5.73 Å². The summed E-state index contributed by atoms with van der Waals surface area (Å²) >= 11 is 0. The SMILES string of the molecule is CCCCCCCCCCCCCC(C)N. The topological polar surface area (TPSA) is 26.0 Å². The summed E-state index contributed by atoms with van der Waals surface area (Å²) in [6.07, 6.45) is 16.8. The van der Waals surface area contributed by atoms with Crippen LogP contribution in [0.5, 0.6) is 0 Å². The Labute approximate surface area is 103 Å². The van der Waals surface area contributed by atoms with Gasteiger partial charge in [0.25, 0.3) is 0 Å². The lowest BCUT2D eigenvalue weighted by molar-refractivity contribution is 0.530. The summed E-state index contributed by atoms with van der Waals surface area (Å²) in [5, 5.41) is 0. The molecule has 0 saturated heterocycles. The molecule has 0 heterocycles. The van der Waals surface area contributed by atoms with Crippen molar-refractivity contribution in [1.82, 2.24) is 0 Å². The largest absolute Gasteiger partial charge is 0.328 e. The van der Waals surface area contributed by atoms with Gasteiger partial charge >= 0.3 is 0 Å². The normalized spacial score (nSPS) is 12.9. The number of nitrogens with two attached hydrogens (primary N) is 1. The highest BCUT2D eigenvalue weighted by Gasteiger charge is 1.95. The van der Waals surface area contributed by atoms with Crippen molar-refractivity contribution in [1.29, 1.82) is 0 Å². The summed E-state index contributed by atoms with van der Waals surface area (Å²) < 4.78 is 0. The summed E-state index contributed by atoms with van der Waals surface area (Å²) in [7, 11) is 0. The van der Waals surface area contributed by atoms with Crippen LogP contribution in [-0.2, 0) is 0 Å². The van der Waals surface area contributed by atoms with E-state index in [9.17, 15) is 0 Å². The molecular weight excluding hydrogens is 194 g/mol. The second-order valence-corrected chi connectivity index (χ2v) is 5.30. The van der Waals surface area contributed by atoms with Gasteiger partial charge < -0.3 is 5.73 Å². The predicted molar refractivity (Wildman–Crippen MR) is 74.7 cm³/mol. The van der Waals surface area contributed by atoms with Gasteiger partial charge in [-0.2, -0.15) is 0 Å². The van der Waals surface area contributed by atoms with Crippen LogP contribution in [0.15, 0.2) is 0 Å². The average molecular weight is 227 g/mol. The molecule has 0 radical (unpaired) electrons. The summed E-state index contributed by atoms with van der Waals surface area (Å²) in [4.78, 5) is 0. The van der Waals surface area contributed by atoms with Crippen molar-refractivity contribution in [3.8, 4) is 0 Å². The molecule has 98 valence electrons. The monoisotopic (exact) mass is 227 g/mol. The van der Waals surface area contributed by atoms with E-state index in [1.807, 2.05) is 0 Å². The van der Waals surface area contributed by atoms with E-state index >= 15 is 0 Å². The van der Waals surface area contributed by atoms with Crippen LogP contribution in [-0.4, -0.2) is 6.04 Å². The van der Waals surface area contributed by atoms with Gasteiger partial charge in [0.1, 0.15) is 0 Å². The van der Waals surface area contributed by atoms with Gasteiger partial charge in [-0.3, -0.25) is 0 Å². The lowest BCUT2D eigenvalue weighted by Crippen LogP contribution is -2.13. The Bertz CT molecular complexity index is 121. The number of hydrogen-bond acceptors (Lipinski definition) is 1. The highest BCUT2D eigenvalue weighted by atomic mass is 14.6.